The van der Waals surface area contributed by atoms with Crippen molar-refractivity contribution in [2.45, 2.75) is 13.8 Å². The van der Waals surface area contributed by atoms with Crippen molar-refractivity contribution in [1.29, 1.82) is 0 Å². The number of fused-ring (bicyclic) bond motifs is 1. The molecule has 0 fully saturated rings. The van der Waals surface area contributed by atoms with Gasteiger partial charge in [-0.2, -0.15) is 0 Å². The lowest BCUT2D eigenvalue weighted by atomic mass is 10.1. The van der Waals surface area contributed by atoms with Crippen LogP contribution in [0.1, 0.15) is 23.9 Å². The van der Waals surface area contributed by atoms with Crippen molar-refractivity contribution >= 4 is 28.4 Å². The second-order valence-electron chi connectivity index (χ2n) is 5.96. The molecule has 0 spiro atoms. The summed E-state index contributed by atoms with van der Waals surface area (Å²) in [6.45, 7) is 4.37. The largest absolute Gasteiger partial charge is 0.490 e. The number of aryl methyl sites for hydroxylation is 1. The molecule has 3 rings (SSSR count). The summed E-state index contributed by atoms with van der Waals surface area (Å²) < 4.78 is 12.6. The molecule has 0 radical (unpaired) electrons. The first-order chi connectivity index (χ1) is 13.5. The first-order valence-corrected chi connectivity index (χ1v) is 9.11. The van der Waals surface area contributed by atoms with Gasteiger partial charge in [0.15, 0.2) is 11.5 Å². The molecule has 3 aromatic rings. The van der Waals surface area contributed by atoms with E-state index >= 15 is 0 Å². The summed E-state index contributed by atoms with van der Waals surface area (Å²) >= 11 is 6.46. The first-order valence-electron chi connectivity index (χ1n) is 8.73. The zero-order chi connectivity index (χ0) is 20.1. The van der Waals surface area contributed by atoms with Gasteiger partial charge in [-0.1, -0.05) is 29.7 Å². The van der Waals surface area contributed by atoms with E-state index in [9.17, 15) is 4.79 Å². The smallest absolute Gasteiger partial charge is 0.258 e. The molecule has 0 bridgehead atoms. The summed E-state index contributed by atoms with van der Waals surface area (Å²) in [6.07, 6.45) is 6.97. The third-order valence-electron chi connectivity index (χ3n) is 4.00. The SMILES string of the molecule is C#CCOc1ccc(/C=C(\Cl)c2cc(=O)n3c(C)cccc3n2)cc1OCC. The van der Waals surface area contributed by atoms with Gasteiger partial charge >= 0.3 is 0 Å². The number of pyridine rings is 1. The highest BCUT2D eigenvalue weighted by Gasteiger charge is 2.09. The van der Waals surface area contributed by atoms with Crippen molar-refractivity contribution < 1.29 is 9.47 Å². The molecule has 0 atom stereocenters. The highest BCUT2D eigenvalue weighted by molar-refractivity contribution is 6.51. The second kappa shape index (κ2) is 8.64. The Balaban J connectivity index is 1.99. The minimum absolute atomic E-state index is 0.153. The van der Waals surface area contributed by atoms with E-state index in [1.165, 1.54) is 6.07 Å². The van der Waals surface area contributed by atoms with Crippen LogP contribution in [0.4, 0.5) is 0 Å². The van der Waals surface area contributed by atoms with Gasteiger partial charge in [0, 0.05) is 11.8 Å². The molecule has 0 saturated carbocycles. The molecule has 0 amide bonds. The van der Waals surface area contributed by atoms with Gasteiger partial charge in [0.2, 0.25) is 0 Å². The minimum Gasteiger partial charge on any atom is -0.490 e. The predicted octanol–water partition coefficient (Wildman–Crippen LogP) is 4.15. The van der Waals surface area contributed by atoms with Crippen LogP contribution in [0.2, 0.25) is 0 Å². The van der Waals surface area contributed by atoms with Gasteiger partial charge in [-0.25, -0.2) is 4.98 Å². The molecule has 5 nitrogen and oxygen atoms in total. The van der Waals surface area contributed by atoms with Gasteiger partial charge in [-0.3, -0.25) is 9.20 Å². The monoisotopic (exact) mass is 394 g/mol. The highest BCUT2D eigenvalue weighted by Crippen LogP contribution is 2.30. The van der Waals surface area contributed by atoms with E-state index in [2.05, 4.69) is 10.9 Å². The Kier molecular flexibility index (Phi) is 6.03. The Morgan fingerprint density at radius 3 is 2.82 bits per heavy atom. The molecule has 0 N–H and O–H groups in total. The average Bonchev–Trinajstić information content (AvgIpc) is 2.67. The number of nitrogens with zero attached hydrogens (tertiary/aromatic N) is 2. The predicted molar refractivity (Wildman–Crippen MR) is 112 cm³/mol. The first kappa shape index (κ1) is 19.5. The highest BCUT2D eigenvalue weighted by atomic mass is 35.5. The van der Waals surface area contributed by atoms with E-state index < -0.39 is 0 Å². The Bertz CT molecular complexity index is 1140. The Labute approximate surface area is 168 Å². The number of hydrogen-bond donors (Lipinski definition) is 0. The van der Waals surface area contributed by atoms with E-state index in [0.717, 1.165) is 11.3 Å². The molecule has 2 heterocycles. The summed E-state index contributed by atoms with van der Waals surface area (Å²) in [5, 5.41) is 0.348. The van der Waals surface area contributed by atoms with Crippen LogP contribution >= 0.6 is 11.6 Å². The fourth-order valence-electron chi connectivity index (χ4n) is 2.78. The molecule has 142 valence electrons. The lowest BCUT2D eigenvalue weighted by molar-refractivity contribution is 0.299. The summed E-state index contributed by atoms with van der Waals surface area (Å²) in [7, 11) is 0. The van der Waals surface area contributed by atoms with Crippen molar-refractivity contribution in [2.75, 3.05) is 13.2 Å². The van der Waals surface area contributed by atoms with Crippen LogP contribution in [0.25, 0.3) is 16.8 Å². The van der Waals surface area contributed by atoms with Crippen molar-refractivity contribution in [3.63, 3.8) is 0 Å². The zero-order valence-electron chi connectivity index (χ0n) is 15.6. The third-order valence-corrected chi connectivity index (χ3v) is 4.30. The molecule has 0 aliphatic carbocycles. The standard InChI is InChI=1S/C22H19ClN2O3/c1-4-11-28-19-10-9-16(13-20(19)27-5-2)12-17(23)18-14-22(26)25-15(3)7-6-8-21(25)24-18/h1,6-10,12-14H,5,11H2,2-3H3/b17-12-. The van der Waals surface area contributed by atoms with E-state index in [1.807, 2.05) is 32.0 Å². The van der Waals surface area contributed by atoms with Gasteiger partial charge in [0.25, 0.3) is 5.56 Å². The van der Waals surface area contributed by atoms with Crippen LogP contribution in [-0.4, -0.2) is 22.6 Å². The van der Waals surface area contributed by atoms with Crippen molar-refractivity contribution in [3.8, 4) is 23.8 Å². The second-order valence-corrected chi connectivity index (χ2v) is 6.37. The molecule has 1 aromatic carbocycles. The molecule has 6 heteroatoms. The number of halogens is 1. The fraction of sp³-hybridized carbons (Fsp3) is 0.182. The van der Waals surface area contributed by atoms with Crippen LogP contribution in [0.3, 0.4) is 0 Å². The number of benzene rings is 1. The molecular weight excluding hydrogens is 376 g/mol. The van der Waals surface area contributed by atoms with Gasteiger partial charge in [-0.15, -0.1) is 6.42 Å². The normalized spacial score (nSPS) is 11.3. The molecule has 28 heavy (non-hydrogen) atoms. The lowest BCUT2D eigenvalue weighted by Gasteiger charge is -2.11. The Morgan fingerprint density at radius 2 is 2.07 bits per heavy atom. The molecule has 0 aliphatic rings. The molecule has 2 aromatic heterocycles. The maximum Gasteiger partial charge on any atom is 0.258 e. The van der Waals surface area contributed by atoms with Gasteiger partial charge < -0.3 is 9.47 Å². The lowest BCUT2D eigenvalue weighted by Crippen LogP contribution is -2.17. The zero-order valence-corrected chi connectivity index (χ0v) is 16.4. The Morgan fingerprint density at radius 1 is 1.25 bits per heavy atom. The molecule has 0 saturated heterocycles. The van der Waals surface area contributed by atoms with Crippen LogP contribution in [-0.2, 0) is 0 Å². The summed E-state index contributed by atoms with van der Waals surface area (Å²) in [4.78, 5) is 16.9. The van der Waals surface area contributed by atoms with Crippen LogP contribution in [0.15, 0.2) is 47.3 Å². The van der Waals surface area contributed by atoms with Crippen molar-refractivity contribution in [1.82, 2.24) is 9.38 Å². The summed E-state index contributed by atoms with van der Waals surface area (Å²) in [5.74, 6) is 3.56. The van der Waals surface area contributed by atoms with Crippen molar-refractivity contribution in [2.24, 2.45) is 0 Å². The third kappa shape index (κ3) is 4.19. The molecular formula is C22H19ClN2O3. The van der Waals surface area contributed by atoms with Crippen molar-refractivity contribution in [3.05, 3.63) is 69.8 Å². The topological polar surface area (TPSA) is 52.8 Å². The Hall–Kier alpha value is -3.23. The van der Waals surface area contributed by atoms with E-state index in [0.29, 0.717) is 34.5 Å². The van der Waals surface area contributed by atoms with Gasteiger partial charge in [0.05, 0.1) is 17.3 Å². The van der Waals surface area contributed by atoms with Crippen LogP contribution < -0.4 is 15.0 Å². The maximum absolute atomic E-state index is 12.4. The minimum atomic E-state index is -0.183. The van der Waals surface area contributed by atoms with E-state index in [1.54, 1.807) is 28.7 Å². The van der Waals surface area contributed by atoms with Gasteiger partial charge in [0.1, 0.15) is 12.3 Å². The summed E-state index contributed by atoms with van der Waals surface area (Å²) in [5.41, 5.74) is 2.36. The number of aromatic nitrogens is 2. The number of ether oxygens (including phenoxy) is 2. The van der Waals surface area contributed by atoms with E-state index in [4.69, 9.17) is 27.5 Å². The maximum atomic E-state index is 12.4. The number of hydrogen-bond acceptors (Lipinski definition) is 4. The number of rotatable bonds is 6. The number of terminal acetylenes is 1. The van der Waals surface area contributed by atoms with Gasteiger partial charge in [-0.05, 0) is 49.8 Å². The van der Waals surface area contributed by atoms with Crippen LogP contribution in [0, 0.1) is 19.3 Å². The fourth-order valence-corrected chi connectivity index (χ4v) is 3.00. The average molecular weight is 395 g/mol. The van der Waals surface area contributed by atoms with Crippen LogP contribution in [0.5, 0.6) is 11.5 Å². The van der Waals surface area contributed by atoms with E-state index in [-0.39, 0.29) is 12.2 Å². The quantitative estimate of drug-likeness (QED) is 0.589. The summed E-state index contributed by atoms with van der Waals surface area (Å²) in [6, 6.07) is 12.3. The molecule has 0 aliphatic heterocycles. The molecule has 0 unspecified atom stereocenters.